The second kappa shape index (κ2) is 8.52. The van der Waals surface area contributed by atoms with Crippen molar-refractivity contribution in [3.63, 3.8) is 0 Å². The standard InChI is InChI=1S/C29H26O3/c1-30-19-20-32-24-17-13-22(14-18-24)29(21-11-15-23(31-2)16-12-21)27-9-5-3-7-25(27)26-8-4-6-10-28(26)29/h3-18H,19-20H2,1-2H3. The summed E-state index contributed by atoms with van der Waals surface area (Å²) in [5.74, 6) is 1.70. The number of fused-ring (bicyclic) bond motifs is 3. The van der Waals surface area contributed by atoms with Gasteiger partial charge in [-0.2, -0.15) is 0 Å². The molecular formula is C29H26O3. The fourth-order valence-corrected chi connectivity index (χ4v) is 4.91. The summed E-state index contributed by atoms with van der Waals surface area (Å²) >= 11 is 0. The lowest BCUT2D eigenvalue weighted by Gasteiger charge is -2.34. The summed E-state index contributed by atoms with van der Waals surface area (Å²) in [4.78, 5) is 0. The van der Waals surface area contributed by atoms with Gasteiger partial charge in [-0.05, 0) is 57.6 Å². The normalized spacial score (nSPS) is 13.3. The quantitative estimate of drug-likeness (QED) is 0.297. The average molecular weight is 423 g/mol. The Kier molecular flexibility index (Phi) is 5.42. The van der Waals surface area contributed by atoms with Gasteiger partial charge in [0.2, 0.25) is 0 Å². The first-order valence-electron chi connectivity index (χ1n) is 10.8. The lowest BCUT2D eigenvalue weighted by atomic mass is 9.68. The van der Waals surface area contributed by atoms with Crippen LogP contribution >= 0.6 is 0 Å². The maximum absolute atomic E-state index is 5.83. The van der Waals surface area contributed by atoms with Gasteiger partial charge < -0.3 is 14.2 Å². The molecule has 0 N–H and O–H groups in total. The summed E-state index contributed by atoms with van der Waals surface area (Å²) in [6, 6.07) is 34.4. The zero-order valence-corrected chi connectivity index (χ0v) is 18.4. The zero-order valence-electron chi connectivity index (χ0n) is 18.4. The van der Waals surface area contributed by atoms with E-state index in [9.17, 15) is 0 Å². The number of benzene rings is 4. The van der Waals surface area contributed by atoms with E-state index in [2.05, 4.69) is 84.9 Å². The first-order valence-corrected chi connectivity index (χ1v) is 10.8. The van der Waals surface area contributed by atoms with Crippen LogP contribution < -0.4 is 9.47 Å². The molecule has 0 aromatic heterocycles. The molecule has 160 valence electrons. The predicted octanol–water partition coefficient (Wildman–Crippen LogP) is 6.08. The van der Waals surface area contributed by atoms with Crippen LogP contribution in [0.2, 0.25) is 0 Å². The van der Waals surface area contributed by atoms with E-state index >= 15 is 0 Å². The van der Waals surface area contributed by atoms with E-state index in [4.69, 9.17) is 14.2 Å². The molecule has 32 heavy (non-hydrogen) atoms. The number of hydrogen-bond donors (Lipinski definition) is 0. The van der Waals surface area contributed by atoms with E-state index in [-0.39, 0.29) is 0 Å². The molecule has 4 aromatic rings. The van der Waals surface area contributed by atoms with Gasteiger partial charge in [0.05, 0.1) is 19.1 Å². The van der Waals surface area contributed by atoms with Gasteiger partial charge in [-0.3, -0.25) is 0 Å². The van der Waals surface area contributed by atoms with Gasteiger partial charge in [0.25, 0.3) is 0 Å². The SMILES string of the molecule is COCCOc1ccc(C2(c3ccc(OC)cc3)c3ccccc3-c3ccccc32)cc1. The Hall–Kier alpha value is -3.56. The molecule has 1 aliphatic carbocycles. The average Bonchev–Trinajstić information content (AvgIpc) is 3.16. The van der Waals surface area contributed by atoms with Crippen LogP contribution in [0.15, 0.2) is 97.1 Å². The van der Waals surface area contributed by atoms with Gasteiger partial charge >= 0.3 is 0 Å². The van der Waals surface area contributed by atoms with Crippen molar-refractivity contribution in [2.24, 2.45) is 0 Å². The molecule has 3 nitrogen and oxygen atoms in total. The van der Waals surface area contributed by atoms with Crippen LogP contribution in [-0.4, -0.2) is 27.4 Å². The highest BCUT2D eigenvalue weighted by Gasteiger charge is 2.45. The number of ether oxygens (including phenoxy) is 3. The molecule has 4 aromatic carbocycles. The Morgan fingerprint density at radius 2 is 1.06 bits per heavy atom. The first kappa shape index (κ1) is 20.3. The lowest BCUT2D eigenvalue weighted by Crippen LogP contribution is -2.28. The molecule has 0 amide bonds. The number of hydrogen-bond acceptors (Lipinski definition) is 3. The van der Waals surface area contributed by atoms with Crippen molar-refractivity contribution in [2.75, 3.05) is 27.4 Å². The molecule has 5 rings (SSSR count). The van der Waals surface area contributed by atoms with Crippen molar-refractivity contribution in [3.8, 4) is 22.6 Å². The second-order valence-electron chi connectivity index (χ2n) is 7.94. The maximum Gasteiger partial charge on any atom is 0.119 e. The second-order valence-corrected chi connectivity index (χ2v) is 7.94. The van der Waals surface area contributed by atoms with E-state index in [0.29, 0.717) is 13.2 Å². The van der Waals surface area contributed by atoms with Crippen molar-refractivity contribution in [1.82, 2.24) is 0 Å². The maximum atomic E-state index is 5.83. The van der Waals surface area contributed by atoms with Crippen LogP contribution in [0.5, 0.6) is 11.5 Å². The number of methoxy groups -OCH3 is 2. The predicted molar refractivity (Wildman–Crippen MR) is 128 cm³/mol. The third-order valence-corrected chi connectivity index (χ3v) is 6.32. The van der Waals surface area contributed by atoms with Crippen LogP contribution in [0.4, 0.5) is 0 Å². The molecule has 0 spiro atoms. The van der Waals surface area contributed by atoms with E-state index < -0.39 is 5.41 Å². The van der Waals surface area contributed by atoms with Gasteiger partial charge in [0.1, 0.15) is 18.1 Å². The van der Waals surface area contributed by atoms with Crippen LogP contribution in [0.25, 0.3) is 11.1 Å². The van der Waals surface area contributed by atoms with Gasteiger partial charge in [0, 0.05) is 7.11 Å². The number of rotatable bonds is 7. The summed E-state index contributed by atoms with van der Waals surface area (Å²) < 4.78 is 16.4. The van der Waals surface area contributed by atoms with E-state index in [0.717, 1.165) is 11.5 Å². The lowest BCUT2D eigenvalue weighted by molar-refractivity contribution is 0.146. The highest BCUT2D eigenvalue weighted by Crippen LogP contribution is 2.56. The third-order valence-electron chi connectivity index (χ3n) is 6.32. The van der Waals surface area contributed by atoms with Gasteiger partial charge in [-0.15, -0.1) is 0 Å². The summed E-state index contributed by atoms with van der Waals surface area (Å²) in [6.45, 7) is 1.10. The smallest absolute Gasteiger partial charge is 0.119 e. The Bertz CT molecular complexity index is 1160. The summed E-state index contributed by atoms with van der Waals surface area (Å²) in [7, 11) is 3.38. The fourth-order valence-electron chi connectivity index (χ4n) is 4.91. The Morgan fingerprint density at radius 1 is 0.562 bits per heavy atom. The molecule has 0 unspecified atom stereocenters. The zero-order chi connectivity index (χ0) is 22.0. The van der Waals surface area contributed by atoms with Crippen molar-refractivity contribution in [2.45, 2.75) is 5.41 Å². The van der Waals surface area contributed by atoms with Crippen molar-refractivity contribution in [1.29, 1.82) is 0 Å². The molecule has 0 bridgehead atoms. The largest absolute Gasteiger partial charge is 0.497 e. The van der Waals surface area contributed by atoms with Crippen molar-refractivity contribution >= 4 is 0 Å². The van der Waals surface area contributed by atoms with Gasteiger partial charge in [-0.25, -0.2) is 0 Å². The molecule has 1 aliphatic rings. The summed E-state index contributed by atoms with van der Waals surface area (Å²) in [6.07, 6.45) is 0. The summed E-state index contributed by atoms with van der Waals surface area (Å²) in [5.41, 5.74) is 7.14. The molecule has 0 radical (unpaired) electrons. The molecule has 0 saturated heterocycles. The van der Waals surface area contributed by atoms with E-state index in [1.165, 1.54) is 33.4 Å². The van der Waals surface area contributed by atoms with Crippen molar-refractivity contribution < 1.29 is 14.2 Å². The van der Waals surface area contributed by atoms with E-state index in [1.54, 1.807) is 14.2 Å². The Labute approximate surface area is 189 Å². The molecule has 0 fully saturated rings. The Morgan fingerprint density at radius 3 is 1.56 bits per heavy atom. The Balaban J connectivity index is 1.73. The third kappa shape index (κ3) is 3.17. The molecule has 0 heterocycles. The minimum absolute atomic E-state index is 0.412. The fraction of sp³-hybridized carbons (Fsp3) is 0.172. The van der Waals surface area contributed by atoms with E-state index in [1.807, 2.05) is 12.1 Å². The van der Waals surface area contributed by atoms with Crippen LogP contribution in [0.3, 0.4) is 0 Å². The van der Waals surface area contributed by atoms with Crippen LogP contribution in [0, 0.1) is 0 Å². The molecule has 0 aliphatic heterocycles. The van der Waals surface area contributed by atoms with Gasteiger partial charge in [0.15, 0.2) is 0 Å². The van der Waals surface area contributed by atoms with Gasteiger partial charge in [-0.1, -0.05) is 72.8 Å². The highest BCUT2D eigenvalue weighted by molar-refractivity contribution is 5.86. The molecular weight excluding hydrogens is 396 g/mol. The topological polar surface area (TPSA) is 27.7 Å². The minimum atomic E-state index is -0.412. The first-order chi connectivity index (χ1) is 15.8. The van der Waals surface area contributed by atoms with Crippen LogP contribution in [-0.2, 0) is 10.2 Å². The van der Waals surface area contributed by atoms with Crippen molar-refractivity contribution in [3.05, 3.63) is 119 Å². The molecule has 3 heteroatoms. The monoisotopic (exact) mass is 422 g/mol. The minimum Gasteiger partial charge on any atom is -0.497 e. The molecule has 0 atom stereocenters. The summed E-state index contributed by atoms with van der Waals surface area (Å²) in [5, 5.41) is 0. The highest BCUT2D eigenvalue weighted by atomic mass is 16.5. The van der Waals surface area contributed by atoms with Crippen LogP contribution in [0.1, 0.15) is 22.3 Å². The molecule has 0 saturated carbocycles.